The third kappa shape index (κ3) is 6.65. The van der Waals surface area contributed by atoms with E-state index >= 15 is 0 Å². The maximum atomic E-state index is 12.7. The van der Waals surface area contributed by atoms with E-state index < -0.39 is 6.04 Å². The smallest absolute Gasteiger partial charge is 0.246 e. The highest BCUT2D eigenvalue weighted by molar-refractivity contribution is 5.96. The van der Waals surface area contributed by atoms with E-state index in [4.69, 9.17) is 4.74 Å². The van der Waals surface area contributed by atoms with Crippen molar-refractivity contribution in [3.8, 4) is 0 Å². The Kier molecular flexibility index (Phi) is 9.49. The first-order valence-electron chi connectivity index (χ1n) is 8.58. The molecule has 25 heavy (non-hydrogen) atoms. The molecule has 7 heteroatoms. The van der Waals surface area contributed by atoms with Crippen LogP contribution in [0.1, 0.15) is 26.7 Å². The number of morpholine rings is 1. The Hall–Kier alpha value is -1.63. The van der Waals surface area contributed by atoms with E-state index in [1.807, 2.05) is 37.3 Å². The molecule has 140 valence electrons. The van der Waals surface area contributed by atoms with Gasteiger partial charge in [0.1, 0.15) is 6.04 Å². The van der Waals surface area contributed by atoms with Crippen LogP contribution in [0, 0.1) is 0 Å². The Morgan fingerprint density at radius 1 is 1.36 bits per heavy atom. The van der Waals surface area contributed by atoms with Gasteiger partial charge in [-0.3, -0.25) is 9.59 Å². The van der Waals surface area contributed by atoms with E-state index in [0.717, 1.165) is 18.7 Å². The fourth-order valence-electron chi connectivity index (χ4n) is 2.76. The maximum absolute atomic E-state index is 12.7. The van der Waals surface area contributed by atoms with E-state index in [0.29, 0.717) is 26.2 Å². The number of nitrogens with one attached hydrogen (secondary N) is 2. The number of carbonyl (C=O) groups excluding carboxylic acids is 2. The van der Waals surface area contributed by atoms with Crippen LogP contribution in [0.5, 0.6) is 0 Å². The summed E-state index contributed by atoms with van der Waals surface area (Å²) in [4.78, 5) is 26.8. The van der Waals surface area contributed by atoms with Crippen LogP contribution in [-0.4, -0.2) is 55.1 Å². The Labute approximate surface area is 155 Å². The summed E-state index contributed by atoms with van der Waals surface area (Å²) in [7, 11) is 0. The molecular formula is C18H28ClN3O3. The summed E-state index contributed by atoms with van der Waals surface area (Å²) < 4.78 is 5.40. The molecule has 0 aromatic heterocycles. The van der Waals surface area contributed by atoms with Gasteiger partial charge in [-0.2, -0.15) is 0 Å². The number of halogens is 1. The summed E-state index contributed by atoms with van der Waals surface area (Å²) in [5.74, 6) is -0.189. The molecular weight excluding hydrogens is 342 g/mol. The van der Waals surface area contributed by atoms with Crippen LogP contribution < -0.4 is 10.6 Å². The zero-order valence-electron chi connectivity index (χ0n) is 14.9. The largest absolute Gasteiger partial charge is 0.378 e. The fourth-order valence-corrected chi connectivity index (χ4v) is 2.76. The second-order valence-corrected chi connectivity index (χ2v) is 6.05. The summed E-state index contributed by atoms with van der Waals surface area (Å²) >= 11 is 0. The van der Waals surface area contributed by atoms with Crippen molar-refractivity contribution in [1.29, 1.82) is 0 Å². The highest BCUT2D eigenvalue weighted by Gasteiger charge is 2.27. The molecule has 6 nitrogen and oxygen atoms in total. The standard InChI is InChI=1S/C18H27N3O3.ClH/c1-3-10-21(17(22)12-16-13-24-11-9-19-16)14(2)18(23)20-15-7-5-4-6-8-15;/h4-8,14,16,19H,3,9-13H2,1-2H3,(H,20,23);1H. The number of hydrogen-bond donors (Lipinski definition) is 2. The average molecular weight is 370 g/mol. The first kappa shape index (κ1) is 21.4. The van der Waals surface area contributed by atoms with Gasteiger partial charge in [0, 0.05) is 31.2 Å². The van der Waals surface area contributed by atoms with Crippen molar-refractivity contribution < 1.29 is 14.3 Å². The molecule has 2 amide bonds. The average Bonchev–Trinajstić information content (AvgIpc) is 2.60. The van der Waals surface area contributed by atoms with Crippen LogP contribution in [0.3, 0.4) is 0 Å². The monoisotopic (exact) mass is 369 g/mol. The number of nitrogens with zero attached hydrogens (tertiary/aromatic N) is 1. The Balaban J connectivity index is 0.00000312. The predicted molar refractivity (Wildman–Crippen MR) is 101 cm³/mol. The minimum absolute atomic E-state index is 0. The molecule has 1 aliphatic rings. The van der Waals surface area contributed by atoms with Crippen molar-refractivity contribution in [2.24, 2.45) is 0 Å². The number of carbonyl (C=O) groups is 2. The zero-order chi connectivity index (χ0) is 17.4. The summed E-state index contributed by atoms with van der Waals surface area (Å²) in [5, 5.41) is 6.15. The molecule has 1 aliphatic heterocycles. The second kappa shape index (κ2) is 11.1. The van der Waals surface area contributed by atoms with Crippen molar-refractivity contribution in [3.05, 3.63) is 30.3 Å². The first-order valence-corrected chi connectivity index (χ1v) is 8.58. The van der Waals surface area contributed by atoms with E-state index in [9.17, 15) is 9.59 Å². The first-order chi connectivity index (χ1) is 11.6. The van der Waals surface area contributed by atoms with Crippen LogP contribution in [0.25, 0.3) is 0 Å². The molecule has 0 aliphatic carbocycles. The third-order valence-electron chi connectivity index (χ3n) is 4.09. The minimum atomic E-state index is -0.512. The number of para-hydroxylation sites is 1. The lowest BCUT2D eigenvalue weighted by atomic mass is 10.1. The summed E-state index contributed by atoms with van der Waals surface area (Å²) in [6.07, 6.45) is 1.16. The minimum Gasteiger partial charge on any atom is -0.378 e. The predicted octanol–water partition coefficient (Wildman–Crippen LogP) is 2.05. The number of benzene rings is 1. The molecule has 1 saturated heterocycles. The van der Waals surface area contributed by atoms with Gasteiger partial charge in [-0.15, -0.1) is 12.4 Å². The molecule has 1 fully saturated rings. The van der Waals surface area contributed by atoms with Crippen LogP contribution in [-0.2, 0) is 14.3 Å². The molecule has 2 atom stereocenters. The van der Waals surface area contributed by atoms with E-state index in [1.165, 1.54) is 0 Å². The fraction of sp³-hybridized carbons (Fsp3) is 0.556. The molecule has 0 saturated carbocycles. The van der Waals surface area contributed by atoms with Gasteiger partial charge < -0.3 is 20.3 Å². The molecule has 0 radical (unpaired) electrons. The zero-order valence-corrected chi connectivity index (χ0v) is 15.7. The van der Waals surface area contributed by atoms with E-state index in [2.05, 4.69) is 10.6 Å². The van der Waals surface area contributed by atoms with E-state index in [1.54, 1.807) is 11.8 Å². The number of hydrogen-bond acceptors (Lipinski definition) is 4. The number of rotatable bonds is 7. The van der Waals surface area contributed by atoms with Gasteiger partial charge >= 0.3 is 0 Å². The van der Waals surface area contributed by atoms with Gasteiger partial charge in [-0.05, 0) is 25.5 Å². The highest BCUT2D eigenvalue weighted by Crippen LogP contribution is 2.11. The molecule has 0 spiro atoms. The Morgan fingerprint density at radius 2 is 2.08 bits per heavy atom. The lowest BCUT2D eigenvalue weighted by Crippen LogP contribution is -2.50. The summed E-state index contributed by atoms with van der Waals surface area (Å²) in [6, 6.07) is 8.80. The third-order valence-corrected chi connectivity index (χ3v) is 4.09. The van der Waals surface area contributed by atoms with Gasteiger partial charge in [-0.25, -0.2) is 0 Å². The van der Waals surface area contributed by atoms with E-state index in [-0.39, 0.29) is 30.3 Å². The molecule has 2 N–H and O–H groups in total. The topological polar surface area (TPSA) is 70.7 Å². The quantitative estimate of drug-likeness (QED) is 0.771. The molecule has 1 heterocycles. The lowest BCUT2D eigenvalue weighted by molar-refractivity contribution is -0.139. The van der Waals surface area contributed by atoms with Crippen LogP contribution in [0.4, 0.5) is 5.69 Å². The van der Waals surface area contributed by atoms with Crippen molar-refractivity contribution >= 4 is 29.9 Å². The SMILES string of the molecule is CCCN(C(=O)CC1COCCN1)C(C)C(=O)Nc1ccccc1.Cl. The molecule has 1 aromatic rings. The van der Waals surface area contributed by atoms with Crippen molar-refractivity contribution in [1.82, 2.24) is 10.2 Å². The van der Waals surface area contributed by atoms with Gasteiger partial charge in [0.25, 0.3) is 0 Å². The highest BCUT2D eigenvalue weighted by atomic mass is 35.5. The summed E-state index contributed by atoms with van der Waals surface area (Å²) in [6.45, 7) is 6.32. The lowest BCUT2D eigenvalue weighted by Gasteiger charge is -2.31. The molecule has 0 bridgehead atoms. The van der Waals surface area contributed by atoms with Gasteiger partial charge in [0.05, 0.1) is 13.2 Å². The summed E-state index contributed by atoms with van der Waals surface area (Å²) in [5.41, 5.74) is 0.737. The molecule has 1 aromatic carbocycles. The van der Waals surface area contributed by atoms with Gasteiger partial charge in [-0.1, -0.05) is 25.1 Å². The van der Waals surface area contributed by atoms with Gasteiger partial charge in [0.2, 0.25) is 11.8 Å². The Bertz CT molecular complexity index is 536. The van der Waals surface area contributed by atoms with Crippen LogP contribution in [0.15, 0.2) is 30.3 Å². The van der Waals surface area contributed by atoms with Crippen LogP contribution in [0.2, 0.25) is 0 Å². The number of amides is 2. The van der Waals surface area contributed by atoms with Crippen LogP contribution >= 0.6 is 12.4 Å². The van der Waals surface area contributed by atoms with Gasteiger partial charge in [0.15, 0.2) is 0 Å². The maximum Gasteiger partial charge on any atom is 0.246 e. The van der Waals surface area contributed by atoms with Crippen molar-refractivity contribution in [3.63, 3.8) is 0 Å². The molecule has 2 unspecified atom stereocenters. The Morgan fingerprint density at radius 3 is 2.68 bits per heavy atom. The molecule has 2 rings (SSSR count). The number of ether oxygens (including phenoxy) is 1. The van der Waals surface area contributed by atoms with Crippen molar-refractivity contribution in [2.75, 3.05) is 31.6 Å². The number of anilines is 1. The normalized spacial score (nSPS) is 17.9. The second-order valence-electron chi connectivity index (χ2n) is 6.05. The van der Waals surface area contributed by atoms with Crippen molar-refractivity contribution in [2.45, 2.75) is 38.8 Å².